The van der Waals surface area contributed by atoms with Gasteiger partial charge in [0, 0.05) is 50.1 Å². The number of hydrogen-bond acceptors (Lipinski definition) is 3. The summed E-state index contributed by atoms with van der Waals surface area (Å²) in [6, 6.07) is 64.1. The van der Waals surface area contributed by atoms with Crippen LogP contribution in [0, 0.1) is 0 Å². The van der Waals surface area contributed by atoms with Crippen LogP contribution in [-0.4, -0.2) is 24.1 Å². The molecule has 5 heteroatoms. The largest absolute Gasteiger partial charge is 0.309 e. The van der Waals surface area contributed by atoms with E-state index in [1.165, 1.54) is 43.4 Å². The van der Waals surface area contributed by atoms with Crippen LogP contribution < -0.4 is 0 Å². The lowest BCUT2D eigenvalue weighted by Crippen LogP contribution is -1.99. The zero-order valence-corrected chi connectivity index (χ0v) is 29.1. The van der Waals surface area contributed by atoms with E-state index in [1.807, 2.05) is 42.6 Å². The van der Waals surface area contributed by atoms with Gasteiger partial charge in [0.2, 0.25) is 0 Å². The monoisotopic (exact) mass is 689 g/mol. The van der Waals surface area contributed by atoms with Crippen molar-refractivity contribution < 1.29 is 0 Å². The van der Waals surface area contributed by atoms with Gasteiger partial charge in [0.15, 0.2) is 5.82 Å². The van der Waals surface area contributed by atoms with Crippen molar-refractivity contribution >= 4 is 54.4 Å². The second kappa shape index (κ2) is 12.1. The Hall–Kier alpha value is -7.37. The lowest BCUT2D eigenvalue weighted by molar-refractivity contribution is 1.08. The molecule has 5 nitrogen and oxygen atoms in total. The molecule has 7 aromatic carbocycles. The van der Waals surface area contributed by atoms with Crippen molar-refractivity contribution in [1.29, 1.82) is 0 Å². The Balaban J connectivity index is 1.14. The number of benzene rings is 7. The lowest BCUT2D eigenvalue weighted by Gasteiger charge is -2.11. The SMILES string of the molecule is c1ccc(-c2cc(-c3ccccc3)nc(-c3ccc(-n4c5cc6ccccc6cc5c5cc6c(cc54)c4ccccc4n6-c4ccccc4)nc3)n2)cc1. The van der Waals surface area contributed by atoms with Gasteiger partial charge < -0.3 is 4.57 Å². The Morgan fingerprint density at radius 1 is 0.352 bits per heavy atom. The summed E-state index contributed by atoms with van der Waals surface area (Å²) in [4.78, 5) is 15.3. The van der Waals surface area contributed by atoms with Crippen LogP contribution in [0.15, 0.2) is 188 Å². The fourth-order valence-electron chi connectivity index (χ4n) is 8.01. The fraction of sp³-hybridized carbons (Fsp3) is 0. The van der Waals surface area contributed by atoms with Gasteiger partial charge in [-0.1, -0.05) is 121 Å². The molecular weight excluding hydrogens is 659 g/mol. The van der Waals surface area contributed by atoms with Crippen molar-refractivity contribution in [2.75, 3.05) is 0 Å². The minimum atomic E-state index is 0.637. The summed E-state index contributed by atoms with van der Waals surface area (Å²) in [5, 5.41) is 7.18. The Bertz CT molecular complexity index is 3120. The molecule has 0 atom stereocenters. The first-order chi connectivity index (χ1) is 26.8. The van der Waals surface area contributed by atoms with E-state index in [2.05, 4.69) is 155 Å². The number of hydrogen-bond donors (Lipinski definition) is 0. The molecule has 0 aliphatic rings. The van der Waals surface area contributed by atoms with Crippen LogP contribution in [-0.2, 0) is 0 Å². The first kappa shape index (κ1) is 30.3. The predicted molar refractivity (Wildman–Crippen MR) is 222 cm³/mol. The molecule has 0 bridgehead atoms. The number of para-hydroxylation sites is 2. The maximum absolute atomic E-state index is 5.16. The summed E-state index contributed by atoms with van der Waals surface area (Å²) in [6.45, 7) is 0. The second-order valence-electron chi connectivity index (χ2n) is 13.7. The number of rotatable bonds is 5. The van der Waals surface area contributed by atoms with Crippen LogP contribution >= 0.6 is 0 Å². The zero-order chi connectivity index (χ0) is 35.6. The molecule has 0 saturated carbocycles. The Morgan fingerprint density at radius 2 is 0.889 bits per heavy atom. The highest BCUT2D eigenvalue weighted by atomic mass is 15.1. The minimum absolute atomic E-state index is 0.637. The maximum atomic E-state index is 5.16. The molecule has 0 spiro atoms. The van der Waals surface area contributed by atoms with Crippen LogP contribution in [0.2, 0.25) is 0 Å². The third-order valence-electron chi connectivity index (χ3n) is 10.5. The lowest BCUT2D eigenvalue weighted by atomic mass is 10.1. The van der Waals surface area contributed by atoms with E-state index in [4.69, 9.17) is 15.0 Å². The van der Waals surface area contributed by atoms with Crippen LogP contribution in [0.1, 0.15) is 0 Å². The zero-order valence-electron chi connectivity index (χ0n) is 29.1. The highest BCUT2D eigenvalue weighted by Crippen LogP contribution is 2.40. The van der Waals surface area contributed by atoms with E-state index >= 15 is 0 Å². The molecule has 0 saturated heterocycles. The smallest absolute Gasteiger partial charge is 0.161 e. The van der Waals surface area contributed by atoms with Crippen LogP contribution in [0.3, 0.4) is 0 Å². The van der Waals surface area contributed by atoms with Gasteiger partial charge in [-0.2, -0.15) is 0 Å². The highest BCUT2D eigenvalue weighted by molar-refractivity contribution is 6.20. The van der Waals surface area contributed by atoms with Gasteiger partial charge in [-0.3, -0.25) is 4.57 Å². The van der Waals surface area contributed by atoms with Gasteiger partial charge in [-0.05, 0) is 71.4 Å². The number of fused-ring (bicyclic) bond motifs is 7. The number of aromatic nitrogens is 5. The van der Waals surface area contributed by atoms with E-state index in [-0.39, 0.29) is 0 Å². The molecule has 54 heavy (non-hydrogen) atoms. The Labute approximate surface area is 311 Å². The van der Waals surface area contributed by atoms with Crippen molar-refractivity contribution in [3.05, 3.63) is 188 Å². The first-order valence-electron chi connectivity index (χ1n) is 18.2. The molecule has 0 unspecified atom stereocenters. The van der Waals surface area contributed by atoms with Crippen molar-refractivity contribution in [2.45, 2.75) is 0 Å². The molecule has 0 N–H and O–H groups in total. The van der Waals surface area contributed by atoms with Crippen molar-refractivity contribution in [1.82, 2.24) is 24.1 Å². The second-order valence-corrected chi connectivity index (χ2v) is 13.7. The third kappa shape index (κ3) is 4.83. The van der Waals surface area contributed by atoms with E-state index < -0.39 is 0 Å². The third-order valence-corrected chi connectivity index (χ3v) is 10.5. The molecule has 0 radical (unpaired) electrons. The quantitative estimate of drug-likeness (QED) is 0.181. The van der Waals surface area contributed by atoms with Gasteiger partial charge in [0.1, 0.15) is 5.82 Å². The van der Waals surface area contributed by atoms with Crippen molar-refractivity contribution in [3.8, 4) is 45.4 Å². The summed E-state index contributed by atoms with van der Waals surface area (Å²) in [7, 11) is 0. The fourth-order valence-corrected chi connectivity index (χ4v) is 8.01. The van der Waals surface area contributed by atoms with E-state index in [1.54, 1.807) is 0 Å². The van der Waals surface area contributed by atoms with Gasteiger partial charge in [0.25, 0.3) is 0 Å². The highest BCUT2D eigenvalue weighted by Gasteiger charge is 2.20. The van der Waals surface area contributed by atoms with Gasteiger partial charge in [-0.15, -0.1) is 0 Å². The summed E-state index contributed by atoms with van der Waals surface area (Å²) in [6.07, 6.45) is 1.91. The molecule has 4 aromatic heterocycles. The Morgan fingerprint density at radius 3 is 1.56 bits per heavy atom. The molecule has 0 fully saturated rings. The minimum Gasteiger partial charge on any atom is -0.309 e. The summed E-state index contributed by atoms with van der Waals surface area (Å²) in [5.74, 6) is 1.47. The van der Waals surface area contributed by atoms with Crippen molar-refractivity contribution in [3.63, 3.8) is 0 Å². The maximum Gasteiger partial charge on any atom is 0.161 e. The van der Waals surface area contributed by atoms with Crippen LogP contribution in [0.5, 0.6) is 0 Å². The summed E-state index contributed by atoms with van der Waals surface area (Å²) in [5.41, 5.74) is 10.4. The summed E-state index contributed by atoms with van der Waals surface area (Å²) >= 11 is 0. The Kier molecular flexibility index (Phi) is 6.79. The predicted octanol–water partition coefficient (Wildman–Crippen LogP) is 12.2. The van der Waals surface area contributed by atoms with Crippen LogP contribution in [0.4, 0.5) is 0 Å². The first-order valence-corrected chi connectivity index (χ1v) is 18.2. The normalized spacial score (nSPS) is 11.7. The molecule has 0 aliphatic carbocycles. The molecule has 252 valence electrons. The standard InChI is InChI=1S/C49H31N5/c1-4-14-32(15-5-1)42-30-43(33-16-6-2-7-17-33)52-49(51-42)36-24-25-48(50-31-36)54-45-27-35-19-11-10-18-34(35)26-39(45)41-29-46-40(28-47(41)54)38-22-12-13-23-44(38)53(46)37-20-8-3-9-21-37/h1-31H. The molecule has 0 amide bonds. The van der Waals surface area contributed by atoms with E-state index in [0.29, 0.717) is 5.82 Å². The van der Waals surface area contributed by atoms with Gasteiger partial charge in [0.05, 0.1) is 33.5 Å². The number of nitrogens with zero attached hydrogens (tertiary/aromatic N) is 5. The number of pyridine rings is 1. The average Bonchev–Trinajstić information content (AvgIpc) is 3.74. The molecule has 0 aliphatic heterocycles. The van der Waals surface area contributed by atoms with Crippen LogP contribution in [0.25, 0.3) is 99.8 Å². The molecular formula is C49H31N5. The molecule has 11 aromatic rings. The van der Waals surface area contributed by atoms with E-state index in [0.717, 1.165) is 50.6 Å². The molecule has 11 rings (SSSR count). The van der Waals surface area contributed by atoms with Gasteiger partial charge >= 0.3 is 0 Å². The average molecular weight is 690 g/mol. The summed E-state index contributed by atoms with van der Waals surface area (Å²) < 4.78 is 4.69. The molecule has 4 heterocycles. The van der Waals surface area contributed by atoms with Crippen molar-refractivity contribution in [2.24, 2.45) is 0 Å². The van der Waals surface area contributed by atoms with E-state index in [9.17, 15) is 0 Å². The van der Waals surface area contributed by atoms with Gasteiger partial charge in [-0.25, -0.2) is 15.0 Å². The topological polar surface area (TPSA) is 48.5 Å².